The van der Waals surface area contributed by atoms with Gasteiger partial charge in [-0.3, -0.25) is 34.6 Å². The van der Waals surface area contributed by atoms with Crippen LogP contribution in [0.15, 0.2) is 91.0 Å². The predicted octanol–water partition coefficient (Wildman–Crippen LogP) is 10.1. The highest BCUT2D eigenvalue weighted by Crippen LogP contribution is 2.45. The first-order chi connectivity index (χ1) is 37.9. The number of piperidine rings is 1. The molecule has 1 saturated carbocycles. The number of nitrogens with zero attached hydrogens (tertiary/aromatic N) is 7. The minimum Gasteiger partial charge on any atom is -0.490 e. The van der Waals surface area contributed by atoms with Crippen molar-refractivity contribution in [3.8, 4) is 16.9 Å². The van der Waals surface area contributed by atoms with Crippen molar-refractivity contribution in [2.75, 3.05) is 61.0 Å². The van der Waals surface area contributed by atoms with E-state index in [4.69, 9.17) is 24.3 Å². The fraction of sp³-hybridized carbons (Fsp3) is 0.407. The lowest BCUT2D eigenvalue weighted by Gasteiger charge is -2.37. The number of benzene rings is 4. The highest BCUT2D eigenvalue weighted by atomic mass is 32.1. The average molecular weight is 1100 g/mol. The summed E-state index contributed by atoms with van der Waals surface area (Å²) in [4.78, 5) is 68.4. The van der Waals surface area contributed by atoms with Crippen molar-refractivity contribution in [1.29, 1.82) is 0 Å². The molecule has 2 N–H and O–H groups in total. The van der Waals surface area contributed by atoms with Gasteiger partial charge >= 0.3 is 12.1 Å². The Morgan fingerprint density at radius 3 is 2.32 bits per heavy atom. The molecule has 1 atom stereocenters. The van der Waals surface area contributed by atoms with Crippen LogP contribution in [0.5, 0.6) is 5.75 Å². The molecule has 6 heterocycles. The molecule has 4 aliphatic rings. The maximum Gasteiger partial charge on any atom is 0.420 e. The van der Waals surface area contributed by atoms with E-state index in [-0.39, 0.29) is 59.4 Å². The van der Waals surface area contributed by atoms with E-state index in [0.29, 0.717) is 73.9 Å². The van der Waals surface area contributed by atoms with E-state index >= 15 is 13.2 Å². The number of ether oxygens (including phenoxy) is 3. The third-order valence-electron chi connectivity index (χ3n) is 15.3. The molecular weight excluding hydrogens is 1040 g/mol. The Labute approximate surface area is 459 Å². The minimum absolute atomic E-state index is 0.0472. The van der Waals surface area contributed by atoms with Gasteiger partial charge in [-0.15, -0.1) is 0 Å². The number of amides is 3. The molecule has 1 unspecified atom stereocenters. The number of alkyl halides is 3. The van der Waals surface area contributed by atoms with Crippen LogP contribution in [0.2, 0.25) is 0 Å². The average Bonchev–Trinajstić information content (AvgIpc) is 4.08. The summed E-state index contributed by atoms with van der Waals surface area (Å²) in [5.74, 6) is -2.21. The molecule has 16 nitrogen and oxygen atoms in total. The molecule has 7 aromatic rings. The lowest BCUT2D eigenvalue weighted by Crippen LogP contribution is -2.47. The number of halogens is 3. The fourth-order valence-corrected chi connectivity index (χ4v) is 12.3. The van der Waals surface area contributed by atoms with Gasteiger partial charge in [-0.05, 0) is 113 Å². The quantitative estimate of drug-likeness (QED) is 0.0826. The van der Waals surface area contributed by atoms with Crippen molar-refractivity contribution >= 4 is 72.8 Å². The van der Waals surface area contributed by atoms with E-state index in [9.17, 15) is 19.2 Å². The molecule has 4 aromatic carbocycles. The molecule has 3 aliphatic heterocycles. The van der Waals surface area contributed by atoms with E-state index < -0.39 is 35.3 Å². The number of hydrogen-bond donors (Lipinski definition) is 2. The van der Waals surface area contributed by atoms with Crippen LogP contribution < -0.4 is 25.2 Å². The zero-order valence-electron chi connectivity index (χ0n) is 44.5. The van der Waals surface area contributed by atoms with Gasteiger partial charge in [-0.2, -0.15) is 18.3 Å². The first kappa shape index (κ1) is 53.6. The summed E-state index contributed by atoms with van der Waals surface area (Å²) in [5, 5.41) is 11.6. The van der Waals surface area contributed by atoms with Gasteiger partial charge in [0.1, 0.15) is 22.7 Å². The van der Waals surface area contributed by atoms with Crippen LogP contribution >= 0.6 is 11.3 Å². The number of imide groups is 1. The number of esters is 1. The van der Waals surface area contributed by atoms with Crippen LogP contribution in [0.1, 0.15) is 108 Å². The first-order valence-corrected chi connectivity index (χ1v) is 27.8. The number of para-hydroxylation sites is 2. The SMILES string of the molecule is Cn1nc(C2CCC(=O)NC2=O)c2cccc(N3CCN(CCOC4CCC(Oc5cccc(-c6ccc(N7CCc8cccc(C(=O)Nc9nc%10ccccc%10s9)c8C7)nc6C(=O)OC(C)(C)C)c5C(F)(F)F)CC4)CC3)c21. The maximum absolute atomic E-state index is 15.5. The molecule has 1 aliphatic carbocycles. The number of carbonyl (C=O) groups is 4. The number of aromatic nitrogens is 4. The fourth-order valence-electron chi connectivity index (χ4n) is 11.4. The summed E-state index contributed by atoms with van der Waals surface area (Å²) in [6, 6.07) is 26.5. The van der Waals surface area contributed by atoms with Crippen molar-refractivity contribution < 1.29 is 46.6 Å². The highest BCUT2D eigenvalue weighted by Gasteiger charge is 2.40. The first-order valence-electron chi connectivity index (χ1n) is 27.0. The maximum atomic E-state index is 15.5. The van der Waals surface area contributed by atoms with Crippen molar-refractivity contribution in [1.82, 2.24) is 30.0 Å². The zero-order chi connectivity index (χ0) is 55.2. The van der Waals surface area contributed by atoms with Gasteiger partial charge in [0.15, 0.2) is 10.8 Å². The van der Waals surface area contributed by atoms with E-state index in [0.717, 1.165) is 70.7 Å². The van der Waals surface area contributed by atoms with Gasteiger partial charge in [0.25, 0.3) is 5.91 Å². The third-order valence-corrected chi connectivity index (χ3v) is 16.2. The smallest absolute Gasteiger partial charge is 0.420 e. The molecule has 3 aromatic heterocycles. The van der Waals surface area contributed by atoms with E-state index in [1.807, 2.05) is 65.2 Å². The molecule has 20 heteroatoms. The van der Waals surface area contributed by atoms with Crippen LogP contribution in [0.4, 0.5) is 29.8 Å². The zero-order valence-corrected chi connectivity index (χ0v) is 45.3. The molecule has 3 amide bonds. The number of carbonyl (C=O) groups excluding carboxylic acids is 4. The van der Waals surface area contributed by atoms with E-state index in [1.165, 1.54) is 35.6 Å². The standard InChI is InChI=1S/C59H62F3N9O7S/c1-58(2,3)78-56(75)52-39(22-24-48(64-52)71-27-26-35-10-7-12-40(43(35)34-71)54(73)66-57-63-44-14-5-6-17-47(44)79-57)38-11-9-16-46(50(38)59(60,61)62)77-37-20-18-36(19-21-37)76-33-32-69-28-30-70(31-29-69)45-15-8-13-41-51(67-68(4)53(41)45)42-23-25-49(72)65-55(42)74/h5-17,22,24,36-37,42H,18-21,23,25-34H2,1-4H3,(H,63,66,73)(H,65,72,74). The number of aryl methyl sites for hydroxylation is 1. The number of fused-ring (bicyclic) bond motifs is 3. The normalized spacial score (nSPS) is 19.4. The van der Waals surface area contributed by atoms with Crippen molar-refractivity contribution in [3.63, 3.8) is 0 Å². The highest BCUT2D eigenvalue weighted by molar-refractivity contribution is 7.22. The number of hydrogen-bond acceptors (Lipinski definition) is 14. The Morgan fingerprint density at radius 1 is 0.797 bits per heavy atom. The third kappa shape index (κ3) is 11.5. The van der Waals surface area contributed by atoms with Crippen LogP contribution in [-0.2, 0) is 45.3 Å². The summed E-state index contributed by atoms with van der Waals surface area (Å²) >= 11 is 1.38. The van der Waals surface area contributed by atoms with Crippen molar-refractivity contribution in [2.24, 2.45) is 7.05 Å². The van der Waals surface area contributed by atoms with Crippen LogP contribution in [0.3, 0.4) is 0 Å². The molecule has 2 saturated heterocycles. The minimum atomic E-state index is -4.87. The monoisotopic (exact) mass is 1100 g/mol. The van der Waals surface area contributed by atoms with Crippen LogP contribution in [0.25, 0.3) is 32.2 Å². The number of rotatable bonds is 13. The second-order valence-electron chi connectivity index (χ2n) is 21.7. The summed E-state index contributed by atoms with van der Waals surface area (Å²) in [7, 11) is 1.89. The Balaban J connectivity index is 0.731. The molecule has 11 rings (SSSR count). The topological polar surface area (TPSA) is 173 Å². The second-order valence-corrected chi connectivity index (χ2v) is 22.7. The molecule has 0 bridgehead atoms. The lowest BCUT2D eigenvalue weighted by atomic mass is 9.92. The Bertz CT molecular complexity index is 3430. The molecule has 412 valence electrons. The van der Waals surface area contributed by atoms with Gasteiger partial charge in [0.2, 0.25) is 11.8 Å². The van der Waals surface area contributed by atoms with Gasteiger partial charge in [-0.25, -0.2) is 14.8 Å². The summed E-state index contributed by atoms with van der Waals surface area (Å²) < 4.78 is 67.6. The molecule has 3 fully saturated rings. The second kappa shape index (κ2) is 22.0. The van der Waals surface area contributed by atoms with Gasteiger partial charge < -0.3 is 24.0 Å². The molecule has 0 radical (unpaired) electrons. The van der Waals surface area contributed by atoms with Gasteiger partial charge in [0.05, 0.1) is 51.8 Å². The van der Waals surface area contributed by atoms with Crippen molar-refractivity contribution in [2.45, 2.75) is 102 Å². The number of nitrogens with one attached hydrogen (secondary N) is 2. The van der Waals surface area contributed by atoms with Gasteiger partial charge in [-0.1, -0.05) is 59.9 Å². The largest absolute Gasteiger partial charge is 0.490 e. The van der Waals surface area contributed by atoms with E-state index in [1.54, 1.807) is 32.9 Å². The van der Waals surface area contributed by atoms with Crippen LogP contribution in [-0.4, -0.2) is 112 Å². The summed E-state index contributed by atoms with van der Waals surface area (Å²) in [6.45, 7) is 10.3. The predicted molar refractivity (Wildman–Crippen MR) is 296 cm³/mol. The van der Waals surface area contributed by atoms with Gasteiger partial charge in [0, 0.05) is 81.4 Å². The Hall–Kier alpha value is -7.42. The van der Waals surface area contributed by atoms with Crippen molar-refractivity contribution in [3.05, 3.63) is 125 Å². The van der Waals surface area contributed by atoms with E-state index in [2.05, 4.69) is 31.5 Å². The molecule has 0 spiro atoms. The Morgan fingerprint density at radius 2 is 1.56 bits per heavy atom. The summed E-state index contributed by atoms with van der Waals surface area (Å²) in [6.07, 6.45) is -1.89. The molecular formula is C59H62F3N9O7S. The Kier molecular flexibility index (Phi) is 14.9. The number of anilines is 3. The molecule has 79 heavy (non-hydrogen) atoms. The van der Waals surface area contributed by atoms with Crippen LogP contribution in [0, 0.1) is 0 Å². The number of thiazole rings is 1. The lowest BCUT2D eigenvalue weighted by molar-refractivity contribution is -0.139. The number of pyridine rings is 1. The summed E-state index contributed by atoms with van der Waals surface area (Å²) in [5.41, 5.74) is 3.14. The number of piperazine rings is 1.